The topological polar surface area (TPSA) is 93.6 Å². The van der Waals surface area contributed by atoms with Crippen LogP contribution in [0.4, 0.5) is 17.6 Å². The van der Waals surface area contributed by atoms with Crippen molar-refractivity contribution < 1.29 is 18.9 Å². The molecule has 0 aliphatic carbocycles. The van der Waals surface area contributed by atoms with E-state index in [9.17, 15) is 0 Å². The molecule has 206 valence electrons. The van der Waals surface area contributed by atoms with Gasteiger partial charge in [-0.15, -0.1) is 0 Å². The summed E-state index contributed by atoms with van der Waals surface area (Å²) >= 11 is 8.52. The molecule has 39 heavy (non-hydrogen) atoms. The fourth-order valence-corrected chi connectivity index (χ4v) is 5.20. The zero-order valence-electron chi connectivity index (χ0n) is 21.6. The van der Waals surface area contributed by atoms with E-state index in [-0.39, 0.29) is 0 Å². The Morgan fingerprint density at radius 3 is 2.46 bits per heavy atom. The van der Waals surface area contributed by atoms with Gasteiger partial charge in [0.25, 0.3) is 0 Å². The maximum absolute atomic E-state index is 6.28. The molecular formula is C27H30ClIN6O4. The normalized spacial score (nSPS) is 16.0. The number of hydrogen-bond donors (Lipinski definition) is 1. The van der Waals surface area contributed by atoms with Gasteiger partial charge in [0, 0.05) is 42.8 Å². The van der Waals surface area contributed by atoms with Crippen molar-refractivity contribution in [1.82, 2.24) is 9.97 Å². The number of benzene rings is 2. The summed E-state index contributed by atoms with van der Waals surface area (Å²) in [6, 6.07) is 13.4. The second-order valence-corrected chi connectivity index (χ2v) is 10.5. The van der Waals surface area contributed by atoms with E-state index in [2.05, 4.69) is 42.9 Å². The first-order chi connectivity index (χ1) is 19.1. The molecule has 0 unspecified atom stereocenters. The summed E-state index contributed by atoms with van der Waals surface area (Å²) in [5.41, 5.74) is 4.85. The molecule has 2 aliphatic heterocycles. The molecule has 0 bridgehead atoms. The van der Waals surface area contributed by atoms with Crippen LogP contribution in [0.1, 0.15) is 11.1 Å². The third-order valence-electron chi connectivity index (χ3n) is 6.30. The number of aromatic nitrogens is 2. The minimum absolute atomic E-state index is 0.339. The van der Waals surface area contributed by atoms with Crippen molar-refractivity contribution in [3.05, 3.63) is 62.2 Å². The summed E-state index contributed by atoms with van der Waals surface area (Å²) in [7, 11) is 1.62. The number of anilines is 3. The van der Waals surface area contributed by atoms with Gasteiger partial charge < -0.3 is 28.7 Å². The largest absolute Gasteiger partial charge is 0.493 e. The lowest BCUT2D eigenvalue weighted by Gasteiger charge is -2.31. The molecule has 12 heteroatoms. The SMILES string of the molecule is COc1cc(C=NNc2cc(N3CCOCC3)nc(N3CCOCC3)n2)cc(I)c1OCc1ccccc1Cl. The van der Waals surface area contributed by atoms with Gasteiger partial charge in [-0.3, -0.25) is 5.43 Å². The van der Waals surface area contributed by atoms with Gasteiger partial charge >= 0.3 is 0 Å². The number of halogens is 2. The van der Waals surface area contributed by atoms with Crippen molar-refractivity contribution in [3.63, 3.8) is 0 Å². The molecule has 0 radical (unpaired) electrons. The van der Waals surface area contributed by atoms with Crippen LogP contribution in [-0.2, 0) is 16.1 Å². The summed E-state index contributed by atoms with van der Waals surface area (Å²) in [6.07, 6.45) is 1.73. The Morgan fingerprint density at radius 2 is 1.74 bits per heavy atom. The number of nitrogens with one attached hydrogen (secondary N) is 1. The number of methoxy groups -OCH3 is 1. The van der Waals surface area contributed by atoms with Gasteiger partial charge in [-0.05, 0) is 46.4 Å². The fraction of sp³-hybridized carbons (Fsp3) is 0.370. The second-order valence-electron chi connectivity index (χ2n) is 8.89. The highest BCUT2D eigenvalue weighted by Gasteiger charge is 2.19. The Bertz CT molecular complexity index is 1270. The van der Waals surface area contributed by atoms with Crippen molar-refractivity contribution in [2.24, 2.45) is 5.10 Å². The molecule has 0 amide bonds. The van der Waals surface area contributed by atoms with E-state index in [4.69, 9.17) is 40.5 Å². The highest BCUT2D eigenvalue weighted by atomic mass is 127. The molecule has 0 atom stereocenters. The molecule has 1 N–H and O–H groups in total. The van der Waals surface area contributed by atoms with E-state index < -0.39 is 0 Å². The molecule has 0 saturated carbocycles. The van der Waals surface area contributed by atoms with Gasteiger partial charge in [-0.25, -0.2) is 0 Å². The number of nitrogens with zero attached hydrogens (tertiary/aromatic N) is 5. The van der Waals surface area contributed by atoms with Gasteiger partial charge in [0.1, 0.15) is 12.4 Å². The zero-order valence-corrected chi connectivity index (χ0v) is 24.5. The van der Waals surface area contributed by atoms with Gasteiger partial charge in [-0.1, -0.05) is 29.8 Å². The Morgan fingerprint density at radius 1 is 1.03 bits per heavy atom. The van der Waals surface area contributed by atoms with Crippen LogP contribution in [0.2, 0.25) is 5.02 Å². The molecule has 10 nitrogen and oxygen atoms in total. The summed E-state index contributed by atoms with van der Waals surface area (Å²) in [4.78, 5) is 13.9. The summed E-state index contributed by atoms with van der Waals surface area (Å²) in [5.74, 6) is 3.40. The molecule has 2 aromatic carbocycles. The Hall–Kier alpha value is -2.87. The Kier molecular flexibility index (Phi) is 9.56. The van der Waals surface area contributed by atoms with E-state index in [0.29, 0.717) is 61.3 Å². The number of ether oxygens (including phenoxy) is 4. The third kappa shape index (κ3) is 7.21. The monoisotopic (exact) mass is 664 g/mol. The molecule has 3 heterocycles. The lowest BCUT2D eigenvalue weighted by atomic mass is 10.2. The minimum atomic E-state index is 0.339. The Labute approximate surface area is 246 Å². The van der Waals surface area contributed by atoms with Crippen LogP contribution < -0.4 is 24.7 Å². The first-order valence-corrected chi connectivity index (χ1v) is 14.1. The van der Waals surface area contributed by atoms with Crippen LogP contribution in [0, 0.1) is 3.57 Å². The lowest BCUT2D eigenvalue weighted by Crippen LogP contribution is -2.39. The molecule has 2 fully saturated rings. The summed E-state index contributed by atoms with van der Waals surface area (Å²) < 4.78 is 23.6. The molecule has 5 rings (SSSR count). The van der Waals surface area contributed by atoms with E-state index in [1.54, 1.807) is 13.3 Å². The smallest absolute Gasteiger partial charge is 0.229 e. The predicted molar refractivity (Wildman–Crippen MR) is 161 cm³/mol. The second kappa shape index (κ2) is 13.5. The van der Waals surface area contributed by atoms with Crippen LogP contribution in [0.5, 0.6) is 11.5 Å². The van der Waals surface area contributed by atoms with Crippen molar-refractivity contribution in [2.45, 2.75) is 6.61 Å². The number of rotatable bonds is 9. The average molecular weight is 665 g/mol. The van der Waals surface area contributed by atoms with Crippen LogP contribution in [0.3, 0.4) is 0 Å². The minimum Gasteiger partial charge on any atom is -0.493 e. The number of morpholine rings is 2. The van der Waals surface area contributed by atoms with E-state index in [0.717, 1.165) is 46.7 Å². The van der Waals surface area contributed by atoms with Crippen LogP contribution in [0.15, 0.2) is 47.6 Å². The standard InChI is InChI=1S/C27H30ClIN6O4/c1-36-23-15-19(14-22(29)26(23)39-18-20-4-2-3-5-21(20)28)17-30-33-24-16-25(34-6-10-37-11-7-34)32-27(31-24)35-8-12-38-13-9-35/h2-5,14-17H,6-13,18H2,1H3,(H,31,32,33). The van der Waals surface area contributed by atoms with Crippen LogP contribution in [0.25, 0.3) is 0 Å². The van der Waals surface area contributed by atoms with Gasteiger partial charge in [-0.2, -0.15) is 15.1 Å². The highest BCUT2D eigenvalue weighted by Crippen LogP contribution is 2.34. The first-order valence-electron chi connectivity index (χ1n) is 12.7. The van der Waals surface area contributed by atoms with Crippen molar-refractivity contribution in [3.8, 4) is 11.5 Å². The van der Waals surface area contributed by atoms with E-state index in [1.165, 1.54) is 0 Å². The van der Waals surface area contributed by atoms with E-state index in [1.807, 2.05) is 42.5 Å². The van der Waals surface area contributed by atoms with Crippen molar-refractivity contribution >= 4 is 58.0 Å². The maximum atomic E-state index is 6.28. The van der Waals surface area contributed by atoms with Crippen LogP contribution >= 0.6 is 34.2 Å². The molecule has 0 spiro atoms. The Balaban J connectivity index is 1.32. The van der Waals surface area contributed by atoms with E-state index >= 15 is 0 Å². The van der Waals surface area contributed by atoms with Gasteiger partial charge in [0.05, 0.1) is 43.3 Å². The molecule has 2 aliphatic rings. The molecule has 2 saturated heterocycles. The number of hydrogen-bond acceptors (Lipinski definition) is 10. The number of hydrazone groups is 1. The van der Waals surface area contributed by atoms with Crippen LogP contribution in [-0.4, -0.2) is 75.9 Å². The molecular weight excluding hydrogens is 635 g/mol. The zero-order chi connectivity index (χ0) is 27.0. The highest BCUT2D eigenvalue weighted by molar-refractivity contribution is 14.1. The fourth-order valence-electron chi connectivity index (χ4n) is 4.23. The predicted octanol–water partition coefficient (Wildman–Crippen LogP) is 4.44. The first kappa shape index (κ1) is 27.7. The van der Waals surface area contributed by atoms with Gasteiger partial charge in [0.15, 0.2) is 17.3 Å². The van der Waals surface area contributed by atoms with Gasteiger partial charge in [0.2, 0.25) is 5.95 Å². The lowest BCUT2D eigenvalue weighted by molar-refractivity contribution is 0.121. The average Bonchev–Trinajstić information content (AvgIpc) is 2.98. The quantitative estimate of drug-likeness (QED) is 0.203. The summed E-state index contributed by atoms with van der Waals surface area (Å²) in [5, 5.41) is 5.13. The maximum Gasteiger partial charge on any atom is 0.229 e. The summed E-state index contributed by atoms with van der Waals surface area (Å²) in [6.45, 7) is 6.07. The van der Waals surface area contributed by atoms with Crippen molar-refractivity contribution in [2.75, 3.05) is 74.9 Å². The molecule has 1 aromatic heterocycles. The van der Waals surface area contributed by atoms with Crippen molar-refractivity contribution in [1.29, 1.82) is 0 Å². The third-order valence-corrected chi connectivity index (χ3v) is 7.47. The molecule has 3 aromatic rings.